The smallest absolute Gasteiger partial charge is 0.265 e. The van der Waals surface area contributed by atoms with Gasteiger partial charge >= 0.3 is 0 Å². The number of amides is 3. The Bertz CT molecular complexity index is 1550. The van der Waals surface area contributed by atoms with E-state index in [2.05, 4.69) is 10.6 Å². The van der Waals surface area contributed by atoms with Crippen molar-refractivity contribution in [2.45, 2.75) is 73.0 Å². The highest BCUT2D eigenvalue weighted by atomic mass is 19.1. The highest BCUT2D eigenvalue weighted by Crippen LogP contribution is 2.39. The molecular weight excluding hydrogens is 606 g/mol. The van der Waals surface area contributed by atoms with E-state index in [1.807, 2.05) is 55.7 Å². The number of unbranched alkanes of at least 4 members (excludes halogenated alkanes) is 1. The summed E-state index contributed by atoms with van der Waals surface area (Å²) in [5, 5.41) is 23.1. The first-order valence-electron chi connectivity index (χ1n) is 15.8. The number of benzene rings is 2. The Morgan fingerprint density at radius 2 is 1.72 bits per heavy atom. The maximum atomic E-state index is 14.9. The quantitative estimate of drug-likeness (QED) is 0.137. The number of nitrogens with zero attached hydrogens (tertiary/aromatic N) is 3. The first-order valence-corrected chi connectivity index (χ1v) is 15.8. The predicted molar refractivity (Wildman–Crippen MR) is 177 cm³/mol. The van der Waals surface area contributed by atoms with Crippen LogP contribution in [0.2, 0.25) is 0 Å². The van der Waals surface area contributed by atoms with Crippen molar-refractivity contribution in [3.63, 3.8) is 0 Å². The summed E-state index contributed by atoms with van der Waals surface area (Å²) in [6.07, 6.45) is 2.60. The zero-order valence-electron chi connectivity index (χ0n) is 27.9. The monoisotopic (exact) mass is 652 g/mol. The van der Waals surface area contributed by atoms with Crippen LogP contribution in [-0.4, -0.2) is 68.7 Å². The van der Waals surface area contributed by atoms with E-state index in [0.29, 0.717) is 25.2 Å². The van der Waals surface area contributed by atoms with E-state index in [9.17, 15) is 28.3 Å². The lowest BCUT2D eigenvalue weighted by Crippen LogP contribution is -2.48. The molecule has 0 saturated carbocycles. The molecule has 0 unspecified atom stereocenters. The van der Waals surface area contributed by atoms with E-state index in [1.165, 1.54) is 6.92 Å². The lowest BCUT2D eigenvalue weighted by atomic mass is 9.84. The Hall–Kier alpha value is -4.45. The molecule has 12 heteroatoms. The average Bonchev–Trinajstić information content (AvgIpc) is 3.42. The maximum absolute atomic E-state index is 14.9. The van der Waals surface area contributed by atoms with E-state index in [4.69, 9.17) is 10.4 Å². The summed E-state index contributed by atoms with van der Waals surface area (Å²) < 4.78 is 30.9. The molecule has 0 aliphatic carbocycles. The molecule has 0 spiro atoms. The number of aromatic nitrogens is 2. The maximum Gasteiger partial charge on any atom is 0.265 e. The third-order valence-electron chi connectivity index (χ3n) is 7.73. The number of rotatable bonds is 15. The van der Waals surface area contributed by atoms with Crippen molar-refractivity contribution in [1.29, 1.82) is 5.41 Å². The van der Waals surface area contributed by atoms with Gasteiger partial charge in [-0.15, -0.1) is 0 Å². The number of aliphatic hydroxyl groups is 1. The van der Waals surface area contributed by atoms with E-state index < -0.39 is 53.5 Å². The van der Waals surface area contributed by atoms with E-state index in [0.717, 1.165) is 23.8 Å². The van der Waals surface area contributed by atoms with Crippen LogP contribution in [0.3, 0.4) is 0 Å². The Morgan fingerprint density at radius 1 is 1.04 bits per heavy atom. The number of carbonyl (C=O) groups is 3. The van der Waals surface area contributed by atoms with Crippen molar-refractivity contribution in [2.75, 3.05) is 19.7 Å². The fourth-order valence-electron chi connectivity index (χ4n) is 5.24. The molecule has 1 heterocycles. The Kier molecular flexibility index (Phi) is 12.9. The summed E-state index contributed by atoms with van der Waals surface area (Å²) in [6, 6.07) is 11.2. The van der Waals surface area contributed by atoms with Crippen molar-refractivity contribution >= 4 is 23.4 Å². The van der Waals surface area contributed by atoms with Crippen LogP contribution in [0.25, 0.3) is 11.3 Å². The predicted octanol–water partition coefficient (Wildman–Crippen LogP) is 4.86. The second-order valence-electron chi connectivity index (χ2n) is 13.0. The van der Waals surface area contributed by atoms with Crippen LogP contribution in [0.15, 0.2) is 54.7 Å². The van der Waals surface area contributed by atoms with E-state index in [-0.39, 0.29) is 36.0 Å². The molecule has 10 nitrogen and oxygen atoms in total. The molecule has 3 amide bonds. The molecule has 2 atom stereocenters. The summed E-state index contributed by atoms with van der Waals surface area (Å²) in [5.41, 5.74) is 0.434. The summed E-state index contributed by atoms with van der Waals surface area (Å²) in [7, 11) is 0. The fourth-order valence-corrected chi connectivity index (χ4v) is 5.24. The van der Waals surface area contributed by atoms with Gasteiger partial charge in [0.05, 0.1) is 17.4 Å². The van der Waals surface area contributed by atoms with Gasteiger partial charge in [0.25, 0.3) is 5.91 Å². The minimum atomic E-state index is -0.833. The molecule has 254 valence electrons. The third-order valence-corrected chi connectivity index (χ3v) is 7.73. The van der Waals surface area contributed by atoms with Crippen molar-refractivity contribution in [3.05, 3.63) is 77.8 Å². The van der Waals surface area contributed by atoms with Gasteiger partial charge in [0.1, 0.15) is 30.1 Å². The van der Waals surface area contributed by atoms with Crippen molar-refractivity contribution in [2.24, 2.45) is 11.3 Å². The topological polar surface area (TPSA) is 140 Å². The van der Waals surface area contributed by atoms with E-state index >= 15 is 0 Å². The zero-order chi connectivity index (χ0) is 34.9. The van der Waals surface area contributed by atoms with Gasteiger partial charge in [-0.1, -0.05) is 65.0 Å². The van der Waals surface area contributed by atoms with Crippen molar-refractivity contribution in [1.82, 2.24) is 25.1 Å². The van der Waals surface area contributed by atoms with Crippen LogP contribution in [0.5, 0.6) is 0 Å². The highest BCUT2D eigenvalue weighted by molar-refractivity contribution is 6.38. The van der Waals surface area contributed by atoms with Crippen molar-refractivity contribution < 1.29 is 28.3 Å². The Morgan fingerprint density at radius 3 is 2.34 bits per heavy atom. The molecule has 0 saturated heterocycles. The van der Waals surface area contributed by atoms with Crippen LogP contribution < -0.4 is 10.6 Å². The van der Waals surface area contributed by atoms with E-state index in [1.54, 1.807) is 24.9 Å². The van der Waals surface area contributed by atoms with Crippen LogP contribution in [0, 0.1) is 28.4 Å². The van der Waals surface area contributed by atoms with Gasteiger partial charge in [-0.2, -0.15) is 0 Å². The molecule has 2 aromatic carbocycles. The van der Waals surface area contributed by atoms with Crippen LogP contribution >= 0.6 is 0 Å². The first kappa shape index (κ1) is 37.0. The largest absolute Gasteiger partial charge is 0.387 e. The minimum Gasteiger partial charge on any atom is -0.387 e. The number of aliphatic hydroxyl groups excluding tert-OH is 1. The Balaban J connectivity index is 1.85. The number of hydrogen-bond donors (Lipinski definition) is 4. The summed E-state index contributed by atoms with van der Waals surface area (Å²) in [4.78, 5) is 44.3. The lowest BCUT2D eigenvalue weighted by molar-refractivity contribution is -0.139. The fraction of sp³-hybridized carbons (Fsp3) is 0.457. The average molecular weight is 653 g/mol. The summed E-state index contributed by atoms with van der Waals surface area (Å²) in [5.74, 6) is -2.57. The molecule has 47 heavy (non-hydrogen) atoms. The van der Waals surface area contributed by atoms with Crippen molar-refractivity contribution in [3.8, 4) is 11.3 Å². The molecule has 3 aromatic rings. The number of nitrogens with one attached hydrogen (secondary N) is 3. The molecule has 0 fully saturated rings. The molecule has 0 bridgehead atoms. The molecule has 3 rings (SSSR count). The SMILES string of the molecule is CC(C)C(=N)C(=O)N[C@@H](C)C(=O)NCCCCN(C(=O)CO)[C@@H](c1nc(-c2cc(F)ccc2F)cn1Cc1ccccc1)C(C)(C)C. The summed E-state index contributed by atoms with van der Waals surface area (Å²) >= 11 is 0. The molecular formula is C35H46F2N6O4. The van der Waals surface area contributed by atoms with Gasteiger partial charge in [0.15, 0.2) is 0 Å². The second kappa shape index (κ2) is 16.4. The molecule has 0 radical (unpaired) electrons. The van der Waals surface area contributed by atoms with Gasteiger partial charge in [-0.3, -0.25) is 19.8 Å². The molecule has 4 N–H and O–H groups in total. The van der Waals surface area contributed by atoms with Crippen LogP contribution in [-0.2, 0) is 20.9 Å². The van der Waals surface area contributed by atoms with Gasteiger partial charge in [0, 0.05) is 37.3 Å². The van der Waals surface area contributed by atoms with Crippen LogP contribution in [0.4, 0.5) is 8.78 Å². The molecule has 1 aromatic heterocycles. The van der Waals surface area contributed by atoms with Gasteiger partial charge in [0.2, 0.25) is 11.8 Å². The number of imidazole rings is 1. The number of halogens is 2. The zero-order valence-corrected chi connectivity index (χ0v) is 27.9. The number of carbonyl (C=O) groups excluding carboxylic acids is 3. The first-order chi connectivity index (χ1) is 22.1. The second-order valence-corrected chi connectivity index (χ2v) is 13.0. The Labute approximate surface area is 275 Å². The van der Waals surface area contributed by atoms with Gasteiger partial charge < -0.3 is 25.2 Å². The van der Waals surface area contributed by atoms with Gasteiger partial charge in [-0.25, -0.2) is 13.8 Å². The van der Waals surface area contributed by atoms with Gasteiger partial charge in [-0.05, 0) is 48.9 Å². The third kappa shape index (κ3) is 10.0. The minimum absolute atomic E-state index is 0.00652. The number of hydrogen-bond acceptors (Lipinski definition) is 6. The molecule has 0 aliphatic rings. The molecule has 0 aliphatic heterocycles. The van der Waals surface area contributed by atoms with Crippen LogP contribution in [0.1, 0.15) is 71.8 Å². The summed E-state index contributed by atoms with van der Waals surface area (Å²) in [6.45, 7) is 10.9. The highest BCUT2D eigenvalue weighted by Gasteiger charge is 2.38. The standard InChI is InChI=1S/C35H46F2N6O4/c1-22(2)30(38)34(47)40-23(3)33(46)39-16-10-11-17-43(29(45)21-44)31(35(4,5)6)32-41-28(26-18-25(36)14-15-27(26)37)20-42(32)19-24-12-8-7-9-13-24/h7-9,12-15,18,20,22-23,31,38,44H,10-11,16-17,19,21H2,1-6H3,(H,39,46)(H,40,47)/t23-,31-/m0/s1. The normalized spacial score (nSPS) is 12.8. The lowest BCUT2D eigenvalue weighted by Gasteiger charge is -2.40.